The summed E-state index contributed by atoms with van der Waals surface area (Å²) in [6.07, 6.45) is 0. The number of nitrogens with one attached hydrogen (secondary N) is 1. The van der Waals surface area contributed by atoms with Crippen LogP contribution < -0.4 is 9.62 Å². The summed E-state index contributed by atoms with van der Waals surface area (Å²) in [5.74, 6) is 0. The Balaban J connectivity index is 2.31. The molecular formula is C14H14BrClN2O2S. The second kappa shape index (κ2) is 6.25. The zero-order valence-electron chi connectivity index (χ0n) is 11.5. The molecule has 21 heavy (non-hydrogen) atoms. The van der Waals surface area contributed by atoms with Crippen LogP contribution in [-0.2, 0) is 10.0 Å². The summed E-state index contributed by atoms with van der Waals surface area (Å²) in [4.78, 5) is 2.04. The molecule has 2 aromatic carbocycles. The molecule has 0 spiro atoms. The van der Waals surface area contributed by atoms with Crippen molar-refractivity contribution in [3.63, 3.8) is 0 Å². The molecule has 0 saturated heterocycles. The Morgan fingerprint density at radius 1 is 1.14 bits per heavy atom. The lowest BCUT2D eigenvalue weighted by Gasteiger charge is -2.16. The minimum absolute atomic E-state index is 0.185. The molecule has 0 heterocycles. The van der Waals surface area contributed by atoms with E-state index in [0.717, 1.165) is 5.69 Å². The van der Waals surface area contributed by atoms with Crippen LogP contribution in [0.15, 0.2) is 51.8 Å². The van der Waals surface area contributed by atoms with E-state index in [2.05, 4.69) is 20.7 Å². The summed E-state index contributed by atoms with van der Waals surface area (Å²) in [6, 6.07) is 11.5. The number of hydrogen-bond donors (Lipinski definition) is 1. The van der Waals surface area contributed by atoms with Crippen LogP contribution >= 0.6 is 27.5 Å². The summed E-state index contributed by atoms with van der Waals surface area (Å²) in [6.45, 7) is 0. The molecule has 112 valence electrons. The van der Waals surface area contributed by atoms with Crippen LogP contribution in [-0.4, -0.2) is 22.5 Å². The molecular weight excluding hydrogens is 376 g/mol. The van der Waals surface area contributed by atoms with Gasteiger partial charge in [0.25, 0.3) is 10.0 Å². The fraction of sp³-hybridized carbons (Fsp3) is 0.143. The van der Waals surface area contributed by atoms with E-state index in [1.165, 1.54) is 12.1 Å². The fourth-order valence-electron chi connectivity index (χ4n) is 1.78. The standard InChI is InChI=1S/C14H14BrClN2O2S/c1-18(2)14-7-6-11(9-13(14)16)17-21(19,20)12-5-3-4-10(15)8-12/h3-9,17H,1-2H3. The molecule has 2 aromatic rings. The molecule has 7 heteroatoms. The van der Waals surface area contributed by atoms with Gasteiger partial charge in [0.05, 0.1) is 21.3 Å². The molecule has 0 amide bonds. The van der Waals surface area contributed by atoms with Crippen molar-refractivity contribution in [1.29, 1.82) is 0 Å². The van der Waals surface area contributed by atoms with Gasteiger partial charge in [-0.05, 0) is 36.4 Å². The summed E-state index contributed by atoms with van der Waals surface area (Å²) in [5.41, 5.74) is 1.24. The third kappa shape index (κ3) is 3.90. The Kier molecular flexibility index (Phi) is 4.81. The van der Waals surface area contributed by atoms with Gasteiger partial charge in [0.1, 0.15) is 0 Å². The molecule has 0 aliphatic rings. The molecule has 0 unspecified atom stereocenters. The topological polar surface area (TPSA) is 49.4 Å². The van der Waals surface area contributed by atoms with Crippen LogP contribution in [0.2, 0.25) is 5.02 Å². The highest BCUT2D eigenvalue weighted by Gasteiger charge is 2.15. The second-order valence-corrected chi connectivity index (χ2v) is 7.63. The third-order valence-electron chi connectivity index (χ3n) is 2.79. The lowest BCUT2D eigenvalue weighted by atomic mass is 10.3. The van der Waals surface area contributed by atoms with E-state index in [0.29, 0.717) is 15.2 Å². The van der Waals surface area contributed by atoms with Crippen LogP contribution in [0, 0.1) is 0 Å². The Hall–Kier alpha value is -1.24. The average Bonchev–Trinajstić information content (AvgIpc) is 2.37. The Bertz CT molecular complexity index is 763. The summed E-state index contributed by atoms with van der Waals surface area (Å²) in [5, 5.41) is 0.481. The smallest absolute Gasteiger partial charge is 0.261 e. The Morgan fingerprint density at radius 3 is 2.43 bits per heavy atom. The maximum Gasteiger partial charge on any atom is 0.261 e. The Morgan fingerprint density at radius 2 is 1.86 bits per heavy atom. The van der Waals surface area contributed by atoms with Crippen LogP contribution in [0.1, 0.15) is 0 Å². The SMILES string of the molecule is CN(C)c1ccc(NS(=O)(=O)c2cccc(Br)c2)cc1Cl. The van der Waals surface area contributed by atoms with Gasteiger partial charge in [-0.1, -0.05) is 33.6 Å². The van der Waals surface area contributed by atoms with E-state index in [-0.39, 0.29) is 4.90 Å². The molecule has 0 aromatic heterocycles. The van der Waals surface area contributed by atoms with Crippen LogP contribution in [0.3, 0.4) is 0 Å². The number of nitrogens with zero attached hydrogens (tertiary/aromatic N) is 1. The van der Waals surface area contributed by atoms with Gasteiger partial charge in [-0.3, -0.25) is 4.72 Å². The summed E-state index contributed by atoms with van der Waals surface area (Å²) < 4.78 is 27.8. The average molecular weight is 390 g/mol. The largest absolute Gasteiger partial charge is 0.376 e. The third-order valence-corrected chi connectivity index (χ3v) is 4.96. The Labute approximate surface area is 137 Å². The van der Waals surface area contributed by atoms with E-state index in [9.17, 15) is 8.42 Å². The number of hydrogen-bond acceptors (Lipinski definition) is 3. The van der Waals surface area contributed by atoms with E-state index >= 15 is 0 Å². The van der Waals surface area contributed by atoms with Crippen molar-refractivity contribution >= 4 is 48.9 Å². The number of benzene rings is 2. The maximum absolute atomic E-state index is 12.3. The predicted octanol–water partition coefficient (Wildman–Crippen LogP) is 3.97. The van der Waals surface area contributed by atoms with E-state index < -0.39 is 10.0 Å². The van der Waals surface area contributed by atoms with Gasteiger partial charge in [-0.25, -0.2) is 8.42 Å². The van der Waals surface area contributed by atoms with Crippen molar-refractivity contribution < 1.29 is 8.42 Å². The monoisotopic (exact) mass is 388 g/mol. The molecule has 0 atom stereocenters. The molecule has 0 bridgehead atoms. The first-order valence-electron chi connectivity index (χ1n) is 6.05. The lowest BCUT2D eigenvalue weighted by Crippen LogP contribution is -2.13. The van der Waals surface area contributed by atoms with Gasteiger partial charge in [-0.2, -0.15) is 0 Å². The first-order valence-corrected chi connectivity index (χ1v) is 8.70. The van der Waals surface area contributed by atoms with E-state index in [1.54, 1.807) is 30.3 Å². The molecule has 1 N–H and O–H groups in total. The van der Waals surface area contributed by atoms with Gasteiger partial charge >= 0.3 is 0 Å². The van der Waals surface area contributed by atoms with Crippen molar-refractivity contribution in [2.75, 3.05) is 23.7 Å². The lowest BCUT2D eigenvalue weighted by molar-refractivity contribution is 0.601. The van der Waals surface area contributed by atoms with Crippen molar-refractivity contribution in [2.45, 2.75) is 4.90 Å². The van der Waals surface area contributed by atoms with Gasteiger partial charge in [0.15, 0.2) is 0 Å². The quantitative estimate of drug-likeness (QED) is 0.861. The van der Waals surface area contributed by atoms with Gasteiger partial charge in [0.2, 0.25) is 0 Å². The normalized spacial score (nSPS) is 11.2. The molecule has 4 nitrogen and oxygen atoms in total. The van der Waals surface area contributed by atoms with Crippen LogP contribution in [0.5, 0.6) is 0 Å². The van der Waals surface area contributed by atoms with Gasteiger partial charge < -0.3 is 4.90 Å². The summed E-state index contributed by atoms with van der Waals surface area (Å²) >= 11 is 9.40. The van der Waals surface area contributed by atoms with Crippen molar-refractivity contribution in [1.82, 2.24) is 0 Å². The zero-order chi connectivity index (χ0) is 15.6. The molecule has 0 aliphatic carbocycles. The number of halogens is 2. The van der Waals surface area contributed by atoms with Gasteiger partial charge in [0, 0.05) is 18.6 Å². The fourth-order valence-corrected chi connectivity index (χ4v) is 3.78. The first kappa shape index (κ1) is 16.1. The molecule has 2 rings (SSSR count). The number of rotatable bonds is 4. The first-order chi connectivity index (χ1) is 9.79. The summed E-state index contributed by atoms with van der Waals surface area (Å²) in [7, 11) is 0.0973. The maximum atomic E-state index is 12.3. The van der Waals surface area contributed by atoms with Crippen LogP contribution in [0.4, 0.5) is 11.4 Å². The van der Waals surface area contributed by atoms with E-state index in [4.69, 9.17) is 11.6 Å². The molecule has 0 fully saturated rings. The minimum Gasteiger partial charge on any atom is -0.376 e. The molecule has 0 saturated carbocycles. The molecule has 0 radical (unpaired) electrons. The highest BCUT2D eigenvalue weighted by atomic mass is 79.9. The van der Waals surface area contributed by atoms with Crippen molar-refractivity contribution in [3.8, 4) is 0 Å². The van der Waals surface area contributed by atoms with Gasteiger partial charge in [-0.15, -0.1) is 0 Å². The van der Waals surface area contributed by atoms with Crippen LogP contribution in [0.25, 0.3) is 0 Å². The second-order valence-electron chi connectivity index (χ2n) is 4.62. The molecule has 0 aliphatic heterocycles. The van der Waals surface area contributed by atoms with E-state index in [1.807, 2.05) is 19.0 Å². The highest BCUT2D eigenvalue weighted by molar-refractivity contribution is 9.10. The van der Waals surface area contributed by atoms with Crippen molar-refractivity contribution in [2.24, 2.45) is 0 Å². The van der Waals surface area contributed by atoms with Crippen molar-refractivity contribution in [3.05, 3.63) is 52.0 Å². The number of sulfonamides is 1. The number of anilines is 2. The predicted molar refractivity (Wildman–Crippen MR) is 90.7 cm³/mol. The zero-order valence-corrected chi connectivity index (χ0v) is 14.6. The minimum atomic E-state index is -3.64. The highest BCUT2D eigenvalue weighted by Crippen LogP contribution is 2.28.